The molecular formula is C10H16BN4W. The van der Waals surface area contributed by atoms with Crippen LogP contribution in [0.2, 0.25) is 6.82 Å². The maximum atomic E-state index is 5.99. The number of aromatic nitrogens is 2. The third kappa shape index (κ3) is 2.91. The van der Waals surface area contributed by atoms with Crippen LogP contribution >= 0.6 is 0 Å². The van der Waals surface area contributed by atoms with E-state index in [1.54, 1.807) is 0 Å². The zero-order chi connectivity index (χ0) is 12.1. The van der Waals surface area contributed by atoms with Gasteiger partial charge in [0, 0.05) is 0 Å². The molecule has 6 heteroatoms. The molecule has 3 N–H and O–H groups in total. The zero-order valence-electron chi connectivity index (χ0n) is 9.87. The van der Waals surface area contributed by atoms with Crippen LogP contribution in [0.5, 0.6) is 0 Å². The van der Waals surface area contributed by atoms with E-state index >= 15 is 0 Å². The fraction of sp³-hybridized carbons (Fsp3) is 0.500. The van der Waals surface area contributed by atoms with Gasteiger partial charge in [-0.1, -0.05) is 0 Å². The minimum atomic E-state index is 0.575. The molecule has 0 bridgehead atoms. The summed E-state index contributed by atoms with van der Waals surface area (Å²) in [5.41, 5.74) is 7.65. The summed E-state index contributed by atoms with van der Waals surface area (Å²) in [5.74, 6) is 1.43. The Labute approximate surface area is 108 Å². The summed E-state index contributed by atoms with van der Waals surface area (Å²) in [6.07, 6.45) is 0.983. The first-order chi connectivity index (χ1) is 7.63. The standard InChI is InChI=1S/C10H16BN4.W/c1-4-6-7-8(12)14-10(11-3)15-9(7)13-5-2;/h4-5H2,1-3H3,(H3,12,13,14,15);. The predicted octanol–water partition coefficient (Wildman–Crippen LogP) is 0.345. The van der Waals surface area contributed by atoms with Crippen molar-refractivity contribution in [2.75, 3.05) is 17.6 Å². The molecule has 4 nitrogen and oxygen atoms in total. The first kappa shape index (κ1) is 13.4. The molecule has 85 valence electrons. The molecule has 0 saturated carbocycles. The van der Waals surface area contributed by atoms with E-state index in [0.717, 1.165) is 24.3 Å². The first-order valence-corrected chi connectivity index (χ1v) is 6.84. The van der Waals surface area contributed by atoms with Crippen molar-refractivity contribution in [3.63, 3.8) is 0 Å². The van der Waals surface area contributed by atoms with Gasteiger partial charge in [-0.25, -0.2) is 0 Å². The number of rotatable bonds is 5. The second-order valence-corrected chi connectivity index (χ2v) is 5.06. The SMILES string of the molecule is C[B]c1nc(N)c([C](=[W])CC)c(NCC)n1. The molecule has 16 heavy (non-hydrogen) atoms. The number of hydrogen-bond donors (Lipinski definition) is 2. The van der Waals surface area contributed by atoms with Crippen molar-refractivity contribution >= 4 is 28.5 Å². The van der Waals surface area contributed by atoms with Crippen LogP contribution in [0.4, 0.5) is 11.6 Å². The third-order valence-electron chi connectivity index (χ3n) is 2.16. The Kier molecular flexibility index (Phi) is 5.13. The third-order valence-corrected chi connectivity index (χ3v) is 3.93. The normalized spacial score (nSPS) is 9.94. The van der Waals surface area contributed by atoms with Gasteiger partial charge in [0.1, 0.15) is 0 Å². The van der Waals surface area contributed by atoms with Crippen LogP contribution in [0, 0.1) is 0 Å². The fourth-order valence-electron chi connectivity index (χ4n) is 1.37. The summed E-state index contributed by atoms with van der Waals surface area (Å²) < 4.78 is 1.29. The molecule has 1 heterocycles. The van der Waals surface area contributed by atoms with Crippen molar-refractivity contribution < 1.29 is 19.4 Å². The Hall–Kier alpha value is -0.697. The first-order valence-electron chi connectivity index (χ1n) is 5.37. The van der Waals surface area contributed by atoms with Gasteiger partial charge in [0.25, 0.3) is 0 Å². The predicted molar refractivity (Wildman–Crippen MR) is 66.3 cm³/mol. The molecule has 0 spiro atoms. The molecule has 0 aliphatic carbocycles. The Bertz CT molecular complexity index is 395. The Morgan fingerprint density at radius 1 is 1.44 bits per heavy atom. The van der Waals surface area contributed by atoms with Gasteiger partial charge in [0.05, 0.1) is 0 Å². The molecule has 0 saturated heterocycles. The van der Waals surface area contributed by atoms with E-state index in [2.05, 4.69) is 22.2 Å². The summed E-state index contributed by atoms with van der Waals surface area (Å²) in [6, 6.07) is 0. The van der Waals surface area contributed by atoms with Crippen molar-refractivity contribution in [3.05, 3.63) is 5.56 Å². The molecule has 1 radical (unpaired) electrons. The van der Waals surface area contributed by atoms with E-state index in [0.29, 0.717) is 11.5 Å². The molecular weight excluding hydrogens is 371 g/mol. The van der Waals surface area contributed by atoms with E-state index in [1.807, 2.05) is 21.0 Å². The Morgan fingerprint density at radius 2 is 2.12 bits per heavy atom. The molecule has 0 amide bonds. The van der Waals surface area contributed by atoms with Gasteiger partial charge in [0.15, 0.2) is 0 Å². The average Bonchev–Trinajstić information content (AvgIpc) is 2.28. The molecule has 0 fully saturated rings. The van der Waals surface area contributed by atoms with E-state index in [9.17, 15) is 0 Å². The second-order valence-electron chi connectivity index (χ2n) is 3.29. The van der Waals surface area contributed by atoms with Gasteiger partial charge in [-0.05, 0) is 0 Å². The van der Waals surface area contributed by atoms with Crippen molar-refractivity contribution in [1.29, 1.82) is 0 Å². The molecule has 1 aromatic heterocycles. The molecule has 1 rings (SSSR count). The van der Waals surface area contributed by atoms with Gasteiger partial charge >= 0.3 is 108 Å². The van der Waals surface area contributed by atoms with Gasteiger partial charge in [-0.2, -0.15) is 0 Å². The average molecular weight is 387 g/mol. The molecule has 0 aliphatic rings. The summed E-state index contributed by atoms with van der Waals surface area (Å²) in [6.45, 7) is 6.91. The Balaban J connectivity index is 3.27. The summed E-state index contributed by atoms with van der Waals surface area (Å²) in [4.78, 5) is 8.71. The number of anilines is 2. The molecule has 0 atom stereocenters. The quantitative estimate of drug-likeness (QED) is 0.717. The minimum absolute atomic E-state index is 0.575. The van der Waals surface area contributed by atoms with Crippen LogP contribution in [0.25, 0.3) is 0 Å². The number of nitrogens with zero attached hydrogens (tertiary/aromatic N) is 2. The number of hydrogen-bond acceptors (Lipinski definition) is 4. The summed E-state index contributed by atoms with van der Waals surface area (Å²) in [5, 5.41) is 3.25. The van der Waals surface area contributed by atoms with Crippen molar-refractivity contribution in [3.8, 4) is 0 Å². The second kappa shape index (κ2) is 6.14. The Morgan fingerprint density at radius 3 is 2.62 bits per heavy atom. The van der Waals surface area contributed by atoms with E-state index in [1.165, 1.54) is 23.3 Å². The number of nitrogens with one attached hydrogen (secondary N) is 1. The number of nitrogen functional groups attached to an aromatic ring is 1. The van der Waals surface area contributed by atoms with Crippen LogP contribution in [0.1, 0.15) is 25.8 Å². The zero-order valence-corrected chi connectivity index (χ0v) is 12.8. The van der Waals surface area contributed by atoms with Gasteiger partial charge in [-0.15, -0.1) is 0 Å². The fourth-order valence-corrected chi connectivity index (χ4v) is 2.10. The summed E-state index contributed by atoms with van der Waals surface area (Å²) >= 11 is 1.42. The van der Waals surface area contributed by atoms with Crippen LogP contribution in [0.3, 0.4) is 0 Å². The van der Waals surface area contributed by atoms with Crippen LogP contribution in [-0.2, 0) is 19.4 Å². The van der Waals surface area contributed by atoms with Crippen LogP contribution in [-0.4, -0.2) is 27.7 Å². The van der Waals surface area contributed by atoms with Gasteiger partial charge < -0.3 is 0 Å². The van der Waals surface area contributed by atoms with Crippen LogP contribution < -0.4 is 16.8 Å². The van der Waals surface area contributed by atoms with Crippen LogP contribution in [0.15, 0.2) is 0 Å². The van der Waals surface area contributed by atoms with Gasteiger partial charge in [-0.3, -0.25) is 0 Å². The summed E-state index contributed by atoms with van der Waals surface area (Å²) in [7, 11) is 1.86. The van der Waals surface area contributed by atoms with Crippen molar-refractivity contribution in [1.82, 2.24) is 9.97 Å². The van der Waals surface area contributed by atoms with Gasteiger partial charge in [0.2, 0.25) is 0 Å². The molecule has 0 aromatic carbocycles. The molecule has 0 unspecified atom stereocenters. The van der Waals surface area contributed by atoms with E-state index in [4.69, 9.17) is 5.73 Å². The van der Waals surface area contributed by atoms with E-state index in [-0.39, 0.29) is 0 Å². The molecule has 1 aromatic rings. The monoisotopic (exact) mass is 387 g/mol. The molecule has 0 aliphatic heterocycles. The van der Waals surface area contributed by atoms with Crippen molar-refractivity contribution in [2.45, 2.75) is 27.1 Å². The van der Waals surface area contributed by atoms with Crippen molar-refractivity contribution in [2.24, 2.45) is 0 Å². The van der Waals surface area contributed by atoms with E-state index < -0.39 is 0 Å². The maximum absolute atomic E-state index is 5.99. The topological polar surface area (TPSA) is 63.8 Å². The number of nitrogens with two attached hydrogens (primary N) is 1.